The van der Waals surface area contributed by atoms with Crippen molar-refractivity contribution in [2.24, 2.45) is 5.73 Å². The van der Waals surface area contributed by atoms with E-state index in [1.54, 1.807) is 0 Å². The summed E-state index contributed by atoms with van der Waals surface area (Å²) in [7, 11) is 1.53. The van der Waals surface area contributed by atoms with Crippen molar-refractivity contribution in [3.05, 3.63) is 47.2 Å². The van der Waals surface area contributed by atoms with Crippen molar-refractivity contribution in [2.45, 2.75) is 12.8 Å². The third-order valence-corrected chi connectivity index (χ3v) is 2.77. The van der Waals surface area contributed by atoms with E-state index in [4.69, 9.17) is 10.5 Å². The highest BCUT2D eigenvalue weighted by Crippen LogP contribution is 2.20. The van der Waals surface area contributed by atoms with Crippen LogP contribution in [0.4, 0.5) is 0 Å². The lowest BCUT2D eigenvalue weighted by Gasteiger charge is -2.03. The van der Waals surface area contributed by atoms with Crippen LogP contribution in [0.3, 0.4) is 0 Å². The van der Waals surface area contributed by atoms with Crippen molar-refractivity contribution >= 4 is 5.91 Å². The van der Waals surface area contributed by atoms with E-state index in [-0.39, 0.29) is 5.69 Å². The van der Waals surface area contributed by atoms with Crippen LogP contribution < -0.4 is 10.5 Å². The topological polar surface area (TPSA) is 81.0 Å². The van der Waals surface area contributed by atoms with Gasteiger partial charge in [0.15, 0.2) is 5.69 Å². The molecule has 5 nitrogen and oxygen atoms in total. The number of aromatic nitrogens is 2. The Bertz CT molecular complexity index is 534. The van der Waals surface area contributed by atoms with E-state index in [0.29, 0.717) is 12.3 Å². The summed E-state index contributed by atoms with van der Waals surface area (Å²) < 4.78 is 5.14. The molecule has 5 heteroatoms. The summed E-state index contributed by atoms with van der Waals surface area (Å²) in [5, 5.41) is 6.54. The molecule has 0 fully saturated rings. The molecule has 0 saturated heterocycles. The van der Waals surface area contributed by atoms with Crippen LogP contribution in [0.15, 0.2) is 30.3 Å². The number of aryl methyl sites for hydroxylation is 1. The lowest BCUT2D eigenvalue weighted by atomic mass is 10.0. The Morgan fingerprint density at radius 3 is 2.67 bits per heavy atom. The molecular weight excluding hydrogens is 230 g/mol. The minimum absolute atomic E-state index is 0.253. The van der Waals surface area contributed by atoms with E-state index in [2.05, 4.69) is 10.2 Å². The van der Waals surface area contributed by atoms with Crippen molar-refractivity contribution in [1.29, 1.82) is 0 Å². The molecule has 0 radical (unpaired) electrons. The first-order chi connectivity index (χ1) is 8.72. The Labute approximate surface area is 105 Å². The Hall–Kier alpha value is -2.30. The van der Waals surface area contributed by atoms with Crippen molar-refractivity contribution in [3.8, 4) is 5.88 Å². The van der Waals surface area contributed by atoms with Gasteiger partial charge in [-0.3, -0.25) is 4.79 Å². The summed E-state index contributed by atoms with van der Waals surface area (Å²) in [6, 6.07) is 10.0. The smallest absolute Gasteiger partial charge is 0.269 e. The molecule has 0 unspecified atom stereocenters. The second kappa shape index (κ2) is 5.35. The molecule has 1 aromatic carbocycles. The highest BCUT2D eigenvalue weighted by Gasteiger charge is 2.17. The van der Waals surface area contributed by atoms with Crippen molar-refractivity contribution in [3.63, 3.8) is 0 Å². The molecule has 0 saturated carbocycles. The number of primary amides is 1. The van der Waals surface area contributed by atoms with E-state index < -0.39 is 5.91 Å². The zero-order valence-corrected chi connectivity index (χ0v) is 10.1. The van der Waals surface area contributed by atoms with Gasteiger partial charge in [-0.25, -0.2) is 5.10 Å². The van der Waals surface area contributed by atoms with Gasteiger partial charge >= 0.3 is 0 Å². The fraction of sp³-hybridized carbons (Fsp3) is 0.231. The highest BCUT2D eigenvalue weighted by molar-refractivity contribution is 5.92. The normalized spacial score (nSPS) is 10.3. The van der Waals surface area contributed by atoms with Gasteiger partial charge in [0.05, 0.1) is 7.11 Å². The number of rotatable bonds is 5. The van der Waals surface area contributed by atoms with Crippen LogP contribution in [0.5, 0.6) is 5.88 Å². The first kappa shape index (κ1) is 12.2. The monoisotopic (exact) mass is 245 g/mol. The minimum Gasteiger partial charge on any atom is -0.481 e. The average Bonchev–Trinajstić information content (AvgIpc) is 2.80. The van der Waals surface area contributed by atoms with Gasteiger partial charge in [-0.05, 0) is 18.4 Å². The summed E-state index contributed by atoms with van der Waals surface area (Å²) in [6.45, 7) is 0. The summed E-state index contributed by atoms with van der Waals surface area (Å²) in [5.74, 6) is -0.0441. The lowest BCUT2D eigenvalue weighted by Crippen LogP contribution is -2.14. The number of carbonyl (C=O) groups is 1. The van der Waals surface area contributed by atoms with Gasteiger partial charge in [0.25, 0.3) is 5.91 Å². The third-order valence-electron chi connectivity index (χ3n) is 2.77. The van der Waals surface area contributed by atoms with E-state index in [1.165, 1.54) is 12.7 Å². The van der Waals surface area contributed by atoms with Crippen molar-refractivity contribution in [2.75, 3.05) is 7.11 Å². The quantitative estimate of drug-likeness (QED) is 0.833. The molecule has 1 heterocycles. The molecule has 0 aliphatic rings. The van der Waals surface area contributed by atoms with E-state index in [9.17, 15) is 4.79 Å². The van der Waals surface area contributed by atoms with Gasteiger partial charge < -0.3 is 10.5 Å². The number of ether oxygens (including phenoxy) is 1. The molecular formula is C13H15N3O2. The molecule has 2 aromatic rings. The van der Waals surface area contributed by atoms with Gasteiger partial charge in [-0.2, -0.15) is 5.10 Å². The van der Waals surface area contributed by atoms with E-state index in [0.717, 1.165) is 12.0 Å². The van der Waals surface area contributed by atoms with Crippen molar-refractivity contribution < 1.29 is 9.53 Å². The van der Waals surface area contributed by atoms with Crippen LogP contribution in [0.1, 0.15) is 21.6 Å². The molecule has 1 amide bonds. The number of nitrogens with zero attached hydrogens (tertiary/aromatic N) is 1. The van der Waals surface area contributed by atoms with Crippen LogP contribution in [0, 0.1) is 0 Å². The van der Waals surface area contributed by atoms with Crippen LogP contribution in [0.2, 0.25) is 0 Å². The van der Waals surface area contributed by atoms with E-state index >= 15 is 0 Å². The Morgan fingerprint density at radius 1 is 1.33 bits per heavy atom. The fourth-order valence-corrected chi connectivity index (χ4v) is 1.87. The number of benzene rings is 1. The number of aromatic amines is 1. The first-order valence-electron chi connectivity index (χ1n) is 5.67. The van der Waals surface area contributed by atoms with Gasteiger partial charge in [0.1, 0.15) is 0 Å². The predicted molar refractivity (Wildman–Crippen MR) is 67.5 cm³/mol. The number of nitrogens with two attached hydrogens (primary N) is 1. The lowest BCUT2D eigenvalue weighted by molar-refractivity contribution is 0.0994. The molecule has 2 rings (SSSR count). The number of H-pyrrole nitrogens is 1. The van der Waals surface area contributed by atoms with Crippen molar-refractivity contribution in [1.82, 2.24) is 10.2 Å². The SMILES string of the molecule is COc1[nH]nc(C(N)=O)c1CCc1ccccc1. The summed E-state index contributed by atoms with van der Waals surface area (Å²) in [5.41, 5.74) is 7.45. The molecule has 1 aromatic heterocycles. The number of methoxy groups -OCH3 is 1. The molecule has 0 aliphatic heterocycles. The standard InChI is InChI=1S/C13H15N3O2/c1-18-13-10(11(12(14)17)15-16-13)8-7-9-5-3-2-4-6-9/h2-6H,7-8H2,1H3,(H2,14,17)(H,15,16). The molecule has 94 valence electrons. The zero-order chi connectivity index (χ0) is 13.0. The number of carbonyl (C=O) groups excluding carboxylic acids is 1. The second-order valence-corrected chi connectivity index (χ2v) is 3.93. The van der Waals surface area contributed by atoms with Gasteiger partial charge in [-0.1, -0.05) is 30.3 Å². The van der Waals surface area contributed by atoms with Crippen LogP contribution in [-0.2, 0) is 12.8 Å². The Morgan fingerprint density at radius 2 is 2.06 bits per heavy atom. The maximum Gasteiger partial charge on any atom is 0.269 e. The largest absolute Gasteiger partial charge is 0.481 e. The van der Waals surface area contributed by atoms with Crippen LogP contribution in [0.25, 0.3) is 0 Å². The zero-order valence-electron chi connectivity index (χ0n) is 10.1. The highest BCUT2D eigenvalue weighted by atomic mass is 16.5. The predicted octanol–water partition coefficient (Wildman–Crippen LogP) is 1.30. The fourth-order valence-electron chi connectivity index (χ4n) is 1.87. The molecule has 3 N–H and O–H groups in total. The number of hydrogen-bond donors (Lipinski definition) is 2. The molecule has 0 bridgehead atoms. The van der Waals surface area contributed by atoms with Crippen LogP contribution >= 0.6 is 0 Å². The first-order valence-corrected chi connectivity index (χ1v) is 5.67. The van der Waals surface area contributed by atoms with Crippen LogP contribution in [-0.4, -0.2) is 23.2 Å². The van der Waals surface area contributed by atoms with E-state index in [1.807, 2.05) is 30.3 Å². The maximum absolute atomic E-state index is 11.2. The average molecular weight is 245 g/mol. The second-order valence-electron chi connectivity index (χ2n) is 3.93. The molecule has 0 aliphatic carbocycles. The Kier molecular flexibility index (Phi) is 3.62. The molecule has 0 spiro atoms. The summed E-state index contributed by atoms with van der Waals surface area (Å²) in [6.07, 6.45) is 1.46. The number of amides is 1. The molecule has 0 atom stereocenters. The van der Waals surface area contributed by atoms with Gasteiger partial charge in [0.2, 0.25) is 5.88 Å². The van der Waals surface area contributed by atoms with Gasteiger partial charge in [0, 0.05) is 5.56 Å². The number of nitrogens with one attached hydrogen (secondary N) is 1. The summed E-state index contributed by atoms with van der Waals surface area (Å²) in [4.78, 5) is 11.2. The minimum atomic E-state index is -0.544. The third kappa shape index (κ3) is 2.51. The summed E-state index contributed by atoms with van der Waals surface area (Å²) >= 11 is 0. The number of hydrogen-bond acceptors (Lipinski definition) is 3. The maximum atomic E-state index is 11.2. The van der Waals surface area contributed by atoms with Gasteiger partial charge in [-0.15, -0.1) is 0 Å². The Balaban J connectivity index is 2.17. The molecule has 18 heavy (non-hydrogen) atoms.